The average molecular weight is 277 g/mol. The average Bonchev–Trinajstić information content (AvgIpc) is 2.25. The van der Waals surface area contributed by atoms with Crippen LogP contribution in [0.5, 0.6) is 0 Å². The molecular formula is C15H23N3O2. The Hall–Kier alpha value is -1.88. The van der Waals surface area contributed by atoms with Crippen LogP contribution in [0.4, 0.5) is 5.69 Å². The minimum Gasteiger partial charge on any atom is -0.347 e. The summed E-state index contributed by atoms with van der Waals surface area (Å²) in [5.74, 6) is -0.325. The highest BCUT2D eigenvalue weighted by Crippen LogP contribution is 2.12. The Morgan fingerprint density at radius 1 is 1.30 bits per heavy atom. The van der Waals surface area contributed by atoms with E-state index in [2.05, 4.69) is 10.6 Å². The number of hydrogen-bond donors (Lipinski definition) is 3. The van der Waals surface area contributed by atoms with Crippen LogP contribution in [0, 0.1) is 0 Å². The molecule has 0 fully saturated rings. The lowest BCUT2D eigenvalue weighted by atomic mass is 10.1. The molecule has 1 rings (SSSR count). The number of carbonyl (C=O) groups excluding carboxylic acids is 2. The molecule has 0 saturated carbocycles. The quantitative estimate of drug-likeness (QED) is 0.785. The maximum atomic E-state index is 12.0. The van der Waals surface area contributed by atoms with Gasteiger partial charge in [-0.05, 0) is 45.9 Å². The highest BCUT2D eigenvalue weighted by molar-refractivity contribution is 5.97. The van der Waals surface area contributed by atoms with Crippen molar-refractivity contribution in [1.29, 1.82) is 0 Å². The van der Waals surface area contributed by atoms with Crippen LogP contribution in [-0.4, -0.2) is 23.4 Å². The zero-order valence-electron chi connectivity index (χ0n) is 12.5. The number of benzene rings is 1. The van der Waals surface area contributed by atoms with E-state index < -0.39 is 0 Å². The molecular weight excluding hydrogens is 254 g/mol. The Labute approximate surface area is 119 Å². The standard InChI is InChI=1S/C15H23N3O2/c1-10(16)8-13(19)17-12-7-5-6-11(9-12)14(20)18-15(2,3)4/h5-7,9-10H,8,16H2,1-4H3,(H,17,19)(H,18,20). The van der Waals surface area contributed by atoms with E-state index in [1.807, 2.05) is 20.8 Å². The summed E-state index contributed by atoms with van der Waals surface area (Å²) in [5.41, 5.74) is 6.38. The smallest absolute Gasteiger partial charge is 0.251 e. The van der Waals surface area contributed by atoms with Crippen LogP contribution in [0.3, 0.4) is 0 Å². The van der Waals surface area contributed by atoms with E-state index in [-0.39, 0.29) is 29.8 Å². The molecule has 5 heteroatoms. The molecule has 0 heterocycles. The van der Waals surface area contributed by atoms with Gasteiger partial charge in [0.1, 0.15) is 0 Å². The van der Waals surface area contributed by atoms with Crippen LogP contribution in [0.15, 0.2) is 24.3 Å². The molecule has 1 aromatic rings. The highest BCUT2D eigenvalue weighted by atomic mass is 16.2. The molecule has 110 valence electrons. The Balaban J connectivity index is 2.75. The van der Waals surface area contributed by atoms with Gasteiger partial charge < -0.3 is 16.4 Å². The van der Waals surface area contributed by atoms with Crippen molar-refractivity contribution in [1.82, 2.24) is 5.32 Å². The van der Waals surface area contributed by atoms with Crippen molar-refractivity contribution < 1.29 is 9.59 Å². The summed E-state index contributed by atoms with van der Waals surface area (Å²) in [6.07, 6.45) is 0.248. The fourth-order valence-electron chi connectivity index (χ4n) is 1.66. The Morgan fingerprint density at radius 2 is 1.95 bits per heavy atom. The van der Waals surface area contributed by atoms with E-state index in [9.17, 15) is 9.59 Å². The number of rotatable bonds is 4. The zero-order valence-corrected chi connectivity index (χ0v) is 12.5. The number of hydrogen-bond acceptors (Lipinski definition) is 3. The third-order valence-electron chi connectivity index (χ3n) is 2.40. The Kier molecular flexibility index (Phi) is 5.27. The minimum atomic E-state index is -0.300. The van der Waals surface area contributed by atoms with E-state index in [1.165, 1.54) is 0 Å². The molecule has 5 nitrogen and oxygen atoms in total. The van der Waals surface area contributed by atoms with Crippen LogP contribution >= 0.6 is 0 Å². The molecule has 2 amide bonds. The molecule has 0 radical (unpaired) electrons. The summed E-state index contributed by atoms with van der Waals surface area (Å²) in [4.78, 5) is 23.7. The molecule has 0 bridgehead atoms. The van der Waals surface area contributed by atoms with Crippen molar-refractivity contribution in [2.24, 2.45) is 5.73 Å². The van der Waals surface area contributed by atoms with Gasteiger partial charge >= 0.3 is 0 Å². The monoisotopic (exact) mass is 277 g/mol. The summed E-state index contributed by atoms with van der Waals surface area (Å²) in [5, 5.41) is 5.61. The lowest BCUT2D eigenvalue weighted by molar-refractivity contribution is -0.116. The van der Waals surface area contributed by atoms with Crippen LogP contribution in [0.2, 0.25) is 0 Å². The van der Waals surface area contributed by atoms with Gasteiger partial charge in [0.15, 0.2) is 0 Å². The zero-order chi connectivity index (χ0) is 15.3. The van der Waals surface area contributed by atoms with E-state index in [0.717, 1.165) is 0 Å². The topological polar surface area (TPSA) is 84.2 Å². The highest BCUT2D eigenvalue weighted by Gasteiger charge is 2.15. The fraction of sp³-hybridized carbons (Fsp3) is 0.467. The largest absolute Gasteiger partial charge is 0.347 e. The number of amides is 2. The number of carbonyl (C=O) groups is 2. The number of nitrogens with one attached hydrogen (secondary N) is 2. The SMILES string of the molecule is CC(N)CC(=O)Nc1cccc(C(=O)NC(C)(C)C)c1. The van der Waals surface area contributed by atoms with E-state index in [0.29, 0.717) is 11.3 Å². The number of nitrogens with two attached hydrogens (primary N) is 1. The van der Waals surface area contributed by atoms with E-state index in [1.54, 1.807) is 31.2 Å². The fourth-order valence-corrected chi connectivity index (χ4v) is 1.66. The predicted octanol–water partition coefficient (Wildman–Crippen LogP) is 1.89. The first kappa shape index (κ1) is 16.2. The van der Waals surface area contributed by atoms with Gasteiger partial charge in [-0.15, -0.1) is 0 Å². The third-order valence-corrected chi connectivity index (χ3v) is 2.40. The van der Waals surface area contributed by atoms with Gasteiger partial charge in [-0.25, -0.2) is 0 Å². The second kappa shape index (κ2) is 6.52. The maximum absolute atomic E-state index is 12.0. The second-order valence-electron chi connectivity index (χ2n) is 6.01. The summed E-state index contributed by atoms with van der Waals surface area (Å²) in [6, 6.07) is 6.65. The minimum absolute atomic E-state index is 0.159. The lowest BCUT2D eigenvalue weighted by Gasteiger charge is -2.20. The summed E-state index contributed by atoms with van der Waals surface area (Å²) in [6.45, 7) is 7.52. The summed E-state index contributed by atoms with van der Waals surface area (Å²) >= 11 is 0. The first-order chi connectivity index (χ1) is 9.17. The van der Waals surface area contributed by atoms with Crippen LogP contribution in [-0.2, 0) is 4.79 Å². The molecule has 0 aromatic heterocycles. The third kappa shape index (κ3) is 5.84. The Morgan fingerprint density at radius 3 is 2.50 bits per heavy atom. The molecule has 20 heavy (non-hydrogen) atoms. The van der Waals surface area contributed by atoms with Gasteiger partial charge in [-0.1, -0.05) is 6.07 Å². The van der Waals surface area contributed by atoms with Gasteiger partial charge in [0.25, 0.3) is 5.91 Å². The molecule has 0 aliphatic rings. The molecule has 1 aromatic carbocycles. The van der Waals surface area contributed by atoms with Gasteiger partial charge in [-0.3, -0.25) is 9.59 Å². The van der Waals surface area contributed by atoms with E-state index >= 15 is 0 Å². The van der Waals surface area contributed by atoms with Crippen molar-refractivity contribution >= 4 is 17.5 Å². The van der Waals surface area contributed by atoms with Crippen LogP contribution < -0.4 is 16.4 Å². The first-order valence-electron chi connectivity index (χ1n) is 6.65. The summed E-state index contributed by atoms with van der Waals surface area (Å²) in [7, 11) is 0. The van der Waals surface area contributed by atoms with Crippen molar-refractivity contribution in [2.45, 2.75) is 45.7 Å². The number of anilines is 1. The molecule has 0 saturated heterocycles. The van der Waals surface area contributed by atoms with Crippen molar-refractivity contribution in [2.75, 3.05) is 5.32 Å². The molecule has 1 unspecified atom stereocenters. The molecule has 4 N–H and O–H groups in total. The summed E-state index contributed by atoms with van der Waals surface area (Å²) < 4.78 is 0. The van der Waals surface area contributed by atoms with Gasteiger partial charge in [-0.2, -0.15) is 0 Å². The molecule has 0 aliphatic carbocycles. The van der Waals surface area contributed by atoms with E-state index in [4.69, 9.17) is 5.73 Å². The van der Waals surface area contributed by atoms with Crippen LogP contribution in [0.25, 0.3) is 0 Å². The molecule has 1 atom stereocenters. The van der Waals surface area contributed by atoms with Gasteiger partial charge in [0, 0.05) is 29.3 Å². The Bertz CT molecular complexity index is 490. The second-order valence-corrected chi connectivity index (χ2v) is 6.01. The normalized spacial score (nSPS) is 12.7. The molecule has 0 spiro atoms. The van der Waals surface area contributed by atoms with Crippen molar-refractivity contribution in [3.05, 3.63) is 29.8 Å². The van der Waals surface area contributed by atoms with Gasteiger partial charge in [0.2, 0.25) is 5.91 Å². The first-order valence-corrected chi connectivity index (χ1v) is 6.65. The van der Waals surface area contributed by atoms with Crippen molar-refractivity contribution in [3.63, 3.8) is 0 Å². The maximum Gasteiger partial charge on any atom is 0.251 e. The molecule has 0 aliphatic heterocycles. The van der Waals surface area contributed by atoms with Crippen LogP contribution in [0.1, 0.15) is 44.5 Å². The van der Waals surface area contributed by atoms with Gasteiger partial charge in [0.05, 0.1) is 0 Å². The lowest BCUT2D eigenvalue weighted by Crippen LogP contribution is -2.40. The van der Waals surface area contributed by atoms with Crippen molar-refractivity contribution in [3.8, 4) is 0 Å². The predicted molar refractivity (Wildman–Crippen MR) is 80.6 cm³/mol.